The number of carbonyl (C=O) groups is 1. The van der Waals surface area contributed by atoms with Gasteiger partial charge in [-0.1, -0.05) is 6.42 Å². The summed E-state index contributed by atoms with van der Waals surface area (Å²) in [6, 6.07) is 0. The molecule has 1 saturated heterocycles. The van der Waals surface area contributed by atoms with Crippen LogP contribution in [-0.4, -0.2) is 23.7 Å². The van der Waals surface area contributed by atoms with Crippen LogP contribution in [0.1, 0.15) is 44.9 Å². The van der Waals surface area contributed by atoms with Gasteiger partial charge in [0.2, 0.25) is 5.91 Å². The van der Waals surface area contributed by atoms with Gasteiger partial charge < -0.3 is 10.4 Å². The molecule has 3 nitrogen and oxygen atoms in total. The fourth-order valence-electron chi connectivity index (χ4n) is 1.63. The van der Waals surface area contributed by atoms with Crippen molar-refractivity contribution in [3.05, 3.63) is 0 Å². The molecule has 1 heterocycles. The van der Waals surface area contributed by atoms with Crippen LogP contribution in [0.3, 0.4) is 0 Å². The van der Waals surface area contributed by atoms with Crippen molar-refractivity contribution in [3.8, 4) is 0 Å². The lowest BCUT2D eigenvalue weighted by Crippen LogP contribution is -2.23. The number of hydrogen-bond donors (Lipinski definition) is 2. The van der Waals surface area contributed by atoms with Gasteiger partial charge in [0.05, 0.1) is 6.10 Å². The van der Waals surface area contributed by atoms with Crippen molar-refractivity contribution in [2.24, 2.45) is 0 Å². The van der Waals surface area contributed by atoms with Gasteiger partial charge in [-0.15, -0.1) is 0 Å². The summed E-state index contributed by atoms with van der Waals surface area (Å²) in [6.07, 6.45) is 6.09. The Kier molecular flexibility index (Phi) is 4.83. The number of carbonyl (C=O) groups excluding carboxylic acids is 1. The molecule has 0 radical (unpaired) electrons. The van der Waals surface area contributed by atoms with Crippen LogP contribution < -0.4 is 5.32 Å². The first-order valence-corrected chi connectivity index (χ1v) is 5.24. The Bertz CT molecular complexity index is 159. The minimum atomic E-state index is -0.145. The molecule has 1 aliphatic heterocycles. The molecule has 1 fully saturated rings. The van der Waals surface area contributed by atoms with Crippen molar-refractivity contribution < 1.29 is 9.90 Å². The normalized spacial score (nSPS) is 27.5. The Labute approximate surface area is 79.5 Å². The Morgan fingerprint density at radius 3 is 2.62 bits per heavy atom. The van der Waals surface area contributed by atoms with Crippen molar-refractivity contribution in [2.45, 2.75) is 51.0 Å². The maximum atomic E-state index is 11.1. The second-order valence-electron chi connectivity index (χ2n) is 3.75. The van der Waals surface area contributed by atoms with Crippen LogP contribution >= 0.6 is 0 Å². The standard InChI is InChI=1S/C10H19NO2/c12-9-5-1-2-7-10(13)11-8-4-3-6-9/h9,12H,1-8H2,(H,11,13). The van der Waals surface area contributed by atoms with E-state index in [4.69, 9.17) is 0 Å². The fraction of sp³-hybridized carbons (Fsp3) is 0.900. The first kappa shape index (κ1) is 10.5. The Morgan fingerprint density at radius 1 is 1.15 bits per heavy atom. The van der Waals surface area contributed by atoms with Crippen molar-refractivity contribution in [3.63, 3.8) is 0 Å². The van der Waals surface area contributed by atoms with Crippen molar-refractivity contribution in [1.82, 2.24) is 5.32 Å². The summed E-state index contributed by atoms with van der Waals surface area (Å²) in [7, 11) is 0. The largest absolute Gasteiger partial charge is 0.393 e. The van der Waals surface area contributed by atoms with Crippen LogP contribution in [0, 0.1) is 0 Å². The fourth-order valence-corrected chi connectivity index (χ4v) is 1.63. The highest BCUT2D eigenvalue weighted by Crippen LogP contribution is 2.10. The van der Waals surface area contributed by atoms with Crippen LogP contribution in [-0.2, 0) is 4.79 Å². The highest BCUT2D eigenvalue weighted by Gasteiger charge is 2.07. The quantitative estimate of drug-likeness (QED) is 0.596. The minimum Gasteiger partial charge on any atom is -0.393 e. The highest BCUT2D eigenvalue weighted by molar-refractivity contribution is 5.75. The van der Waals surface area contributed by atoms with Crippen LogP contribution in [0.2, 0.25) is 0 Å². The maximum Gasteiger partial charge on any atom is 0.219 e. The lowest BCUT2D eigenvalue weighted by atomic mass is 10.1. The summed E-state index contributed by atoms with van der Waals surface area (Å²) < 4.78 is 0. The molecule has 1 unspecified atom stereocenters. The van der Waals surface area contributed by atoms with E-state index < -0.39 is 0 Å². The summed E-state index contributed by atoms with van der Waals surface area (Å²) >= 11 is 0. The summed E-state index contributed by atoms with van der Waals surface area (Å²) in [6.45, 7) is 0.769. The first-order chi connectivity index (χ1) is 6.29. The molecule has 0 spiro atoms. The van der Waals surface area contributed by atoms with Gasteiger partial charge in [0.15, 0.2) is 0 Å². The second-order valence-corrected chi connectivity index (χ2v) is 3.75. The minimum absolute atomic E-state index is 0.145. The van der Waals surface area contributed by atoms with Crippen LogP contribution in [0.4, 0.5) is 0 Å². The predicted octanol–water partition coefficient (Wildman–Crippen LogP) is 1.21. The number of amides is 1. The van der Waals surface area contributed by atoms with Gasteiger partial charge in [-0.05, 0) is 32.1 Å². The lowest BCUT2D eigenvalue weighted by Gasteiger charge is -2.07. The molecule has 1 atom stereocenters. The molecule has 1 aliphatic rings. The smallest absolute Gasteiger partial charge is 0.219 e. The van der Waals surface area contributed by atoms with Gasteiger partial charge in [-0.2, -0.15) is 0 Å². The average Bonchev–Trinajstić information content (AvgIpc) is 2.14. The van der Waals surface area contributed by atoms with Crippen molar-refractivity contribution >= 4 is 5.91 Å². The molecular weight excluding hydrogens is 166 g/mol. The number of rotatable bonds is 0. The molecule has 0 saturated carbocycles. The number of aliphatic hydroxyl groups is 1. The van der Waals surface area contributed by atoms with Gasteiger partial charge in [0.25, 0.3) is 0 Å². The van der Waals surface area contributed by atoms with Gasteiger partial charge in [-0.3, -0.25) is 4.79 Å². The highest BCUT2D eigenvalue weighted by atomic mass is 16.3. The number of hydrogen-bond acceptors (Lipinski definition) is 2. The Morgan fingerprint density at radius 2 is 1.85 bits per heavy atom. The van der Waals surface area contributed by atoms with E-state index in [2.05, 4.69) is 5.32 Å². The number of nitrogens with one attached hydrogen (secondary N) is 1. The molecule has 0 aliphatic carbocycles. The van der Waals surface area contributed by atoms with E-state index in [9.17, 15) is 9.90 Å². The summed E-state index contributed by atoms with van der Waals surface area (Å²) in [4.78, 5) is 11.1. The summed E-state index contributed by atoms with van der Waals surface area (Å²) in [5, 5.41) is 12.4. The van der Waals surface area contributed by atoms with Gasteiger partial charge in [-0.25, -0.2) is 0 Å². The molecular formula is C10H19NO2. The van der Waals surface area contributed by atoms with E-state index in [1.165, 1.54) is 0 Å². The van der Waals surface area contributed by atoms with E-state index in [0.717, 1.165) is 45.1 Å². The molecule has 0 bridgehead atoms. The summed E-state index contributed by atoms with van der Waals surface area (Å²) in [5.74, 6) is 0.163. The SMILES string of the molecule is O=C1CCCCC(O)CCCCN1. The van der Waals surface area contributed by atoms with E-state index in [1.807, 2.05) is 0 Å². The molecule has 0 aromatic heterocycles. The van der Waals surface area contributed by atoms with Gasteiger partial charge in [0, 0.05) is 13.0 Å². The summed E-state index contributed by atoms with van der Waals surface area (Å²) in [5.41, 5.74) is 0. The van der Waals surface area contributed by atoms with Crippen molar-refractivity contribution in [2.75, 3.05) is 6.54 Å². The van der Waals surface area contributed by atoms with Gasteiger partial charge >= 0.3 is 0 Å². The topological polar surface area (TPSA) is 49.3 Å². The molecule has 2 N–H and O–H groups in total. The zero-order valence-electron chi connectivity index (χ0n) is 8.09. The predicted molar refractivity (Wildman–Crippen MR) is 51.3 cm³/mol. The Balaban J connectivity index is 2.26. The average molecular weight is 185 g/mol. The second kappa shape index (κ2) is 5.97. The molecule has 3 heteroatoms. The lowest BCUT2D eigenvalue weighted by molar-refractivity contribution is -0.121. The van der Waals surface area contributed by atoms with E-state index >= 15 is 0 Å². The molecule has 13 heavy (non-hydrogen) atoms. The van der Waals surface area contributed by atoms with Crippen LogP contribution in [0.5, 0.6) is 0 Å². The molecule has 0 aromatic rings. The monoisotopic (exact) mass is 185 g/mol. The third-order valence-electron chi connectivity index (χ3n) is 2.48. The van der Waals surface area contributed by atoms with Crippen LogP contribution in [0.25, 0.3) is 0 Å². The molecule has 76 valence electrons. The van der Waals surface area contributed by atoms with Crippen molar-refractivity contribution in [1.29, 1.82) is 0 Å². The maximum absolute atomic E-state index is 11.1. The van der Waals surface area contributed by atoms with E-state index in [-0.39, 0.29) is 12.0 Å². The zero-order chi connectivity index (χ0) is 9.52. The van der Waals surface area contributed by atoms with E-state index in [1.54, 1.807) is 0 Å². The Hall–Kier alpha value is -0.570. The number of aliphatic hydroxyl groups excluding tert-OH is 1. The third kappa shape index (κ3) is 4.88. The third-order valence-corrected chi connectivity index (χ3v) is 2.48. The van der Waals surface area contributed by atoms with Crippen LogP contribution in [0.15, 0.2) is 0 Å². The van der Waals surface area contributed by atoms with E-state index in [0.29, 0.717) is 6.42 Å². The molecule has 1 amide bonds. The van der Waals surface area contributed by atoms with Gasteiger partial charge in [0.1, 0.15) is 0 Å². The molecule has 1 rings (SSSR count). The molecule has 0 aromatic carbocycles. The zero-order valence-corrected chi connectivity index (χ0v) is 8.09. The first-order valence-electron chi connectivity index (χ1n) is 5.24.